The highest BCUT2D eigenvalue weighted by atomic mass is 32.2. The van der Waals surface area contributed by atoms with Crippen molar-refractivity contribution in [3.63, 3.8) is 0 Å². The Hall–Kier alpha value is -0.890. The first kappa shape index (κ1) is 9.20. The number of nitrogens with zero attached hydrogens (tertiary/aromatic N) is 2. The summed E-state index contributed by atoms with van der Waals surface area (Å²) in [5.74, 6) is 0. The highest BCUT2D eigenvalue weighted by molar-refractivity contribution is 7.74. The average Bonchev–Trinajstić information content (AvgIpc) is 2.05. The lowest BCUT2D eigenvalue weighted by molar-refractivity contribution is 0.207. The third-order valence-electron chi connectivity index (χ3n) is 1.06. The van der Waals surface area contributed by atoms with E-state index in [0.717, 1.165) is 0 Å². The lowest BCUT2D eigenvalue weighted by Crippen LogP contribution is -2.17. The lowest BCUT2D eigenvalue weighted by atomic mass is 10.4. The van der Waals surface area contributed by atoms with Crippen LogP contribution in [0.4, 0.5) is 0 Å². The van der Waals surface area contributed by atoms with Gasteiger partial charge in [0.25, 0.3) is 0 Å². The molecule has 0 aliphatic heterocycles. The molecule has 1 heterocycles. The van der Waals surface area contributed by atoms with Crippen LogP contribution in [0.25, 0.3) is 0 Å². The van der Waals surface area contributed by atoms with E-state index in [1.807, 2.05) is 0 Å². The van der Waals surface area contributed by atoms with Crippen molar-refractivity contribution in [2.24, 2.45) is 5.73 Å². The van der Waals surface area contributed by atoms with Gasteiger partial charge in [0, 0.05) is 12.4 Å². The van der Waals surface area contributed by atoms with Gasteiger partial charge < -0.3 is 4.55 Å². The largest absolute Gasteiger partial charge is 0.750 e. The second-order valence-electron chi connectivity index (χ2n) is 1.85. The highest BCUT2D eigenvalue weighted by Gasteiger charge is 2.06. The smallest absolute Gasteiger partial charge is 0.166 e. The highest BCUT2D eigenvalue weighted by Crippen LogP contribution is 2.06. The van der Waals surface area contributed by atoms with E-state index >= 15 is 0 Å². The average molecular weight is 188 g/mol. The maximum Gasteiger partial charge on any atom is 0.166 e. The minimum absolute atomic E-state index is 0.265. The molecular weight excluding hydrogens is 182 g/mol. The summed E-state index contributed by atoms with van der Waals surface area (Å²) in [5.41, 5.74) is 5.54. The van der Waals surface area contributed by atoms with Crippen LogP contribution in [0.15, 0.2) is 18.6 Å². The van der Waals surface area contributed by atoms with Gasteiger partial charge in [-0.1, -0.05) is 0 Å². The number of rotatable bonds is 3. The molecule has 2 atom stereocenters. The first-order valence-corrected chi connectivity index (χ1v) is 3.98. The molecule has 0 aliphatic rings. The molecule has 12 heavy (non-hydrogen) atoms. The number of hydrogen-bond acceptors (Lipinski definition) is 6. The van der Waals surface area contributed by atoms with Gasteiger partial charge in [0.1, 0.15) is 5.69 Å². The minimum Gasteiger partial charge on any atom is -0.750 e. The van der Waals surface area contributed by atoms with E-state index in [-0.39, 0.29) is 5.69 Å². The van der Waals surface area contributed by atoms with Crippen molar-refractivity contribution in [1.82, 2.24) is 9.97 Å². The molecule has 0 saturated carbocycles. The van der Waals surface area contributed by atoms with Gasteiger partial charge in [0.05, 0.1) is 17.6 Å². The van der Waals surface area contributed by atoms with Crippen LogP contribution < -0.4 is 5.73 Å². The Bertz CT molecular complexity index is 268. The van der Waals surface area contributed by atoms with Crippen LogP contribution in [0.2, 0.25) is 0 Å². The predicted octanol–water partition coefficient (Wildman–Crippen LogP) is -0.755. The molecule has 1 aromatic rings. The summed E-state index contributed by atoms with van der Waals surface area (Å²) in [4.78, 5) is 7.44. The third kappa shape index (κ3) is 2.62. The molecule has 0 aromatic carbocycles. The lowest BCUT2D eigenvalue weighted by Gasteiger charge is -2.12. The van der Waals surface area contributed by atoms with Crippen molar-refractivity contribution in [2.45, 2.75) is 6.23 Å². The van der Waals surface area contributed by atoms with Crippen molar-refractivity contribution in [1.29, 1.82) is 0 Å². The summed E-state index contributed by atoms with van der Waals surface area (Å²) in [7, 11) is 0. The molecule has 0 amide bonds. The zero-order valence-electron chi connectivity index (χ0n) is 5.91. The van der Waals surface area contributed by atoms with Crippen molar-refractivity contribution >= 4 is 11.4 Å². The molecule has 6 nitrogen and oxygen atoms in total. The van der Waals surface area contributed by atoms with Gasteiger partial charge in [-0.25, -0.2) is 4.21 Å². The van der Waals surface area contributed by atoms with Crippen LogP contribution in [0, 0.1) is 0 Å². The predicted molar refractivity (Wildman–Crippen MR) is 39.0 cm³/mol. The Morgan fingerprint density at radius 1 is 1.67 bits per heavy atom. The molecule has 0 fully saturated rings. The van der Waals surface area contributed by atoms with E-state index in [1.54, 1.807) is 0 Å². The van der Waals surface area contributed by atoms with E-state index in [2.05, 4.69) is 14.2 Å². The molecule has 1 rings (SSSR count). The Balaban J connectivity index is 2.65. The third-order valence-corrected chi connectivity index (χ3v) is 1.42. The fraction of sp³-hybridized carbons (Fsp3) is 0.200. The zero-order valence-corrected chi connectivity index (χ0v) is 6.73. The molecule has 0 bridgehead atoms. The van der Waals surface area contributed by atoms with Crippen molar-refractivity contribution in [3.8, 4) is 0 Å². The second kappa shape index (κ2) is 4.21. The van der Waals surface area contributed by atoms with Crippen molar-refractivity contribution in [2.75, 3.05) is 0 Å². The molecule has 2 N–H and O–H groups in total. The number of nitrogens with two attached hydrogens (primary N) is 1. The zero-order chi connectivity index (χ0) is 8.97. The molecule has 0 spiro atoms. The first-order valence-electron chi connectivity index (χ1n) is 2.98. The van der Waals surface area contributed by atoms with Crippen LogP contribution in [-0.2, 0) is 15.5 Å². The first-order chi connectivity index (χ1) is 5.70. The molecule has 0 radical (unpaired) electrons. The van der Waals surface area contributed by atoms with Crippen LogP contribution in [0.1, 0.15) is 11.9 Å². The molecule has 2 unspecified atom stereocenters. The summed E-state index contributed by atoms with van der Waals surface area (Å²) in [5, 5.41) is 0. The van der Waals surface area contributed by atoms with Gasteiger partial charge in [-0.05, 0) is 0 Å². The standard InChI is InChI=1S/C5H7N3O3S/c6-5(11-12(9)10)4-3-7-1-2-8-4/h1-3,5H,6H2,(H,9,10)/p-1. The van der Waals surface area contributed by atoms with Gasteiger partial charge in [-0.2, -0.15) is 0 Å². The van der Waals surface area contributed by atoms with Crippen LogP contribution in [0.3, 0.4) is 0 Å². The molecule has 0 aliphatic carbocycles. The van der Waals surface area contributed by atoms with E-state index in [4.69, 9.17) is 5.73 Å². The Labute approximate surface area is 71.3 Å². The van der Waals surface area contributed by atoms with Gasteiger partial charge in [-0.3, -0.25) is 19.9 Å². The summed E-state index contributed by atoms with van der Waals surface area (Å²) in [6.45, 7) is 0. The van der Waals surface area contributed by atoms with Gasteiger partial charge in [0.15, 0.2) is 6.23 Å². The fourth-order valence-corrected chi connectivity index (χ4v) is 0.859. The minimum atomic E-state index is -2.64. The van der Waals surface area contributed by atoms with Crippen LogP contribution in [0.5, 0.6) is 0 Å². The molecule has 7 heteroatoms. The molecular formula is C5H6N3O3S-. The van der Waals surface area contributed by atoms with Gasteiger partial charge >= 0.3 is 0 Å². The Kier molecular flexibility index (Phi) is 3.23. The Morgan fingerprint density at radius 3 is 2.92 bits per heavy atom. The second-order valence-corrected chi connectivity index (χ2v) is 2.45. The van der Waals surface area contributed by atoms with E-state index in [0.29, 0.717) is 0 Å². The maximum absolute atomic E-state index is 10.0. The molecule has 0 saturated heterocycles. The monoisotopic (exact) mass is 188 g/mol. The number of hydrogen-bond donors (Lipinski definition) is 1. The van der Waals surface area contributed by atoms with Gasteiger partial charge in [0.2, 0.25) is 0 Å². The molecule has 66 valence electrons. The summed E-state index contributed by atoms with van der Waals surface area (Å²) >= 11 is -2.64. The van der Waals surface area contributed by atoms with Crippen molar-refractivity contribution < 1.29 is 12.9 Å². The topological polar surface area (TPSA) is 101 Å². The van der Waals surface area contributed by atoms with Crippen LogP contribution in [-0.4, -0.2) is 18.7 Å². The quantitative estimate of drug-likeness (QED) is 0.494. The molecule has 1 aromatic heterocycles. The Morgan fingerprint density at radius 2 is 2.42 bits per heavy atom. The summed E-state index contributed by atoms with van der Waals surface area (Å²) < 4.78 is 24.3. The summed E-state index contributed by atoms with van der Waals surface area (Å²) in [6.07, 6.45) is 3.09. The SMILES string of the molecule is NC(OS(=O)[O-])c1cnccn1. The van der Waals surface area contributed by atoms with Crippen molar-refractivity contribution in [3.05, 3.63) is 24.3 Å². The van der Waals surface area contributed by atoms with E-state index in [1.165, 1.54) is 18.6 Å². The maximum atomic E-state index is 10.0. The number of aromatic nitrogens is 2. The van der Waals surface area contributed by atoms with Gasteiger partial charge in [-0.15, -0.1) is 0 Å². The summed E-state index contributed by atoms with van der Waals surface area (Å²) in [6, 6.07) is 0. The van der Waals surface area contributed by atoms with E-state index < -0.39 is 17.6 Å². The normalized spacial score (nSPS) is 15.5. The fourth-order valence-electron chi connectivity index (χ4n) is 0.591. The van der Waals surface area contributed by atoms with Crippen LogP contribution >= 0.6 is 0 Å². The van der Waals surface area contributed by atoms with E-state index in [9.17, 15) is 8.76 Å².